The van der Waals surface area contributed by atoms with Crippen molar-refractivity contribution in [3.05, 3.63) is 51.4 Å². The molecular formula is C19H19N5S. The summed E-state index contributed by atoms with van der Waals surface area (Å²) in [6.07, 6.45) is 0. The highest BCUT2D eigenvalue weighted by Gasteiger charge is 2.26. The molecule has 5 nitrogen and oxygen atoms in total. The van der Waals surface area contributed by atoms with Crippen LogP contribution in [0.3, 0.4) is 0 Å². The zero-order valence-electron chi connectivity index (χ0n) is 14.6. The van der Waals surface area contributed by atoms with Crippen LogP contribution in [-0.4, -0.2) is 31.4 Å². The molecule has 2 heterocycles. The lowest BCUT2D eigenvalue weighted by Gasteiger charge is -2.21. The molecule has 1 aromatic heterocycles. The Morgan fingerprint density at radius 1 is 1.40 bits per heavy atom. The SMILES string of the molecule is C=N/N=C(/C)N1CCN=C(c2cccc(C#N)c2)c2c1sc(C)c2C. The lowest BCUT2D eigenvalue weighted by Crippen LogP contribution is -2.30. The van der Waals surface area contributed by atoms with Gasteiger partial charge in [-0.3, -0.25) is 4.99 Å². The zero-order valence-corrected chi connectivity index (χ0v) is 15.4. The van der Waals surface area contributed by atoms with Gasteiger partial charge in [-0.2, -0.15) is 10.4 Å². The van der Waals surface area contributed by atoms with Crippen molar-refractivity contribution in [1.82, 2.24) is 0 Å². The predicted molar refractivity (Wildman–Crippen MR) is 105 cm³/mol. The molecule has 0 bridgehead atoms. The molecule has 2 aromatic rings. The largest absolute Gasteiger partial charge is 0.318 e. The van der Waals surface area contributed by atoms with Crippen LogP contribution in [0.2, 0.25) is 0 Å². The summed E-state index contributed by atoms with van der Waals surface area (Å²) in [5.41, 5.74) is 4.89. The van der Waals surface area contributed by atoms with E-state index in [1.807, 2.05) is 31.2 Å². The number of benzene rings is 1. The average Bonchev–Trinajstić information content (AvgIpc) is 2.80. The minimum Gasteiger partial charge on any atom is -0.318 e. The molecule has 0 saturated carbocycles. The molecule has 1 aromatic carbocycles. The maximum absolute atomic E-state index is 9.22. The van der Waals surface area contributed by atoms with Gasteiger partial charge in [-0.25, -0.2) is 0 Å². The van der Waals surface area contributed by atoms with Gasteiger partial charge in [0.2, 0.25) is 0 Å². The fourth-order valence-corrected chi connectivity index (χ4v) is 4.19. The van der Waals surface area contributed by atoms with E-state index in [4.69, 9.17) is 4.99 Å². The quantitative estimate of drug-likeness (QED) is 0.468. The Kier molecular flexibility index (Phi) is 4.77. The van der Waals surface area contributed by atoms with Crippen molar-refractivity contribution in [3.63, 3.8) is 0 Å². The molecule has 0 amide bonds. The number of nitriles is 1. The van der Waals surface area contributed by atoms with Crippen molar-refractivity contribution in [2.24, 2.45) is 15.2 Å². The predicted octanol–water partition coefficient (Wildman–Crippen LogP) is 3.93. The van der Waals surface area contributed by atoms with E-state index in [-0.39, 0.29) is 0 Å². The number of hydrogen-bond acceptors (Lipinski definition) is 5. The van der Waals surface area contributed by atoms with Gasteiger partial charge in [-0.05, 0) is 38.5 Å². The van der Waals surface area contributed by atoms with Gasteiger partial charge in [-0.1, -0.05) is 12.1 Å². The van der Waals surface area contributed by atoms with Gasteiger partial charge in [0.1, 0.15) is 10.8 Å². The summed E-state index contributed by atoms with van der Waals surface area (Å²) in [4.78, 5) is 8.25. The molecule has 3 rings (SSSR count). The standard InChI is InChI=1S/C19H19N5S/c1-12-13(2)25-19-17(12)18(16-7-5-6-15(10-16)11-20)22-8-9-24(19)14(3)23-21-4/h5-7,10H,4,8-9H2,1-3H3/b23-14-. The van der Waals surface area contributed by atoms with Crippen molar-refractivity contribution in [2.75, 3.05) is 18.0 Å². The molecule has 0 N–H and O–H groups in total. The Labute approximate surface area is 151 Å². The topological polar surface area (TPSA) is 64.1 Å². The summed E-state index contributed by atoms with van der Waals surface area (Å²) < 4.78 is 0. The van der Waals surface area contributed by atoms with Gasteiger partial charge < -0.3 is 4.90 Å². The Hall–Kier alpha value is -2.78. The third-order valence-corrected chi connectivity index (χ3v) is 5.54. The van der Waals surface area contributed by atoms with Gasteiger partial charge in [0, 0.05) is 29.3 Å². The maximum atomic E-state index is 9.22. The molecule has 0 unspecified atom stereocenters. The number of hydrogen-bond donors (Lipinski definition) is 0. The summed E-state index contributed by atoms with van der Waals surface area (Å²) in [6.45, 7) is 11.0. The highest BCUT2D eigenvalue weighted by molar-refractivity contribution is 7.17. The van der Waals surface area contributed by atoms with Crippen LogP contribution in [0.15, 0.2) is 39.5 Å². The molecule has 0 atom stereocenters. The first kappa shape index (κ1) is 17.1. The number of amidine groups is 1. The number of nitrogens with zero attached hydrogens (tertiary/aromatic N) is 5. The van der Waals surface area contributed by atoms with E-state index in [2.05, 4.69) is 41.7 Å². The molecule has 0 spiro atoms. The normalized spacial score (nSPS) is 14.4. The highest BCUT2D eigenvalue weighted by Crippen LogP contribution is 2.38. The lowest BCUT2D eigenvalue weighted by molar-refractivity contribution is 0.950. The van der Waals surface area contributed by atoms with Gasteiger partial charge in [0.15, 0.2) is 0 Å². The Bertz CT molecular complexity index is 930. The van der Waals surface area contributed by atoms with E-state index in [1.54, 1.807) is 11.3 Å². The second kappa shape index (κ2) is 6.99. The molecule has 1 aliphatic heterocycles. The number of anilines is 1. The third kappa shape index (κ3) is 3.11. The van der Waals surface area contributed by atoms with E-state index in [0.29, 0.717) is 12.1 Å². The van der Waals surface area contributed by atoms with E-state index >= 15 is 0 Å². The molecular weight excluding hydrogens is 330 g/mol. The van der Waals surface area contributed by atoms with Crippen molar-refractivity contribution >= 4 is 34.6 Å². The van der Waals surface area contributed by atoms with E-state index in [0.717, 1.165) is 34.2 Å². The number of aliphatic imine (C=N–C) groups is 1. The van der Waals surface area contributed by atoms with Crippen LogP contribution in [0.25, 0.3) is 0 Å². The number of fused-ring (bicyclic) bond motifs is 1. The molecule has 0 radical (unpaired) electrons. The fraction of sp³-hybridized carbons (Fsp3) is 0.263. The first-order valence-corrected chi connectivity index (χ1v) is 8.81. The van der Waals surface area contributed by atoms with Crippen molar-refractivity contribution in [1.29, 1.82) is 5.26 Å². The maximum Gasteiger partial charge on any atom is 0.129 e. The Balaban J connectivity index is 2.20. The Morgan fingerprint density at radius 3 is 2.92 bits per heavy atom. The van der Waals surface area contributed by atoms with Crippen LogP contribution >= 0.6 is 11.3 Å². The molecule has 0 aliphatic carbocycles. The molecule has 6 heteroatoms. The lowest BCUT2D eigenvalue weighted by atomic mass is 9.98. The van der Waals surface area contributed by atoms with Gasteiger partial charge in [-0.15, -0.1) is 16.4 Å². The fourth-order valence-electron chi connectivity index (χ4n) is 2.96. The van der Waals surface area contributed by atoms with E-state index < -0.39 is 0 Å². The van der Waals surface area contributed by atoms with Crippen molar-refractivity contribution < 1.29 is 0 Å². The smallest absolute Gasteiger partial charge is 0.129 e. The number of thiophene rings is 1. The van der Waals surface area contributed by atoms with E-state index in [9.17, 15) is 5.26 Å². The molecule has 1 aliphatic rings. The van der Waals surface area contributed by atoms with Crippen molar-refractivity contribution in [2.45, 2.75) is 20.8 Å². The zero-order chi connectivity index (χ0) is 18.0. The second-order valence-electron chi connectivity index (χ2n) is 5.83. The number of aryl methyl sites for hydroxylation is 1. The Morgan fingerprint density at radius 2 is 2.20 bits per heavy atom. The van der Waals surface area contributed by atoms with E-state index in [1.165, 1.54) is 10.4 Å². The summed E-state index contributed by atoms with van der Waals surface area (Å²) in [6, 6.07) is 9.84. The molecule has 25 heavy (non-hydrogen) atoms. The molecule has 0 saturated heterocycles. The van der Waals surface area contributed by atoms with Crippen LogP contribution in [0.5, 0.6) is 0 Å². The van der Waals surface area contributed by atoms with Gasteiger partial charge >= 0.3 is 0 Å². The van der Waals surface area contributed by atoms with Crippen LogP contribution in [0.1, 0.15) is 34.1 Å². The summed E-state index contributed by atoms with van der Waals surface area (Å²) in [5, 5.41) is 18.1. The summed E-state index contributed by atoms with van der Waals surface area (Å²) >= 11 is 1.74. The second-order valence-corrected chi connectivity index (χ2v) is 7.03. The minimum absolute atomic E-state index is 0.640. The number of rotatable bonds is 2. The summed E-state index contributed by atoms with van der Waals surface area (Å²) in [5.74, 6) is 0.805. The highest BCUT2D eigenvalue weighted by atomic mass is 32.1. The first-order valence-electron chi connectivity index (χ1n) is 8.00. The van der Waals surface area contributed by atoms with Crippen LogP contribution in [0.4, 0.5) is 5.00 Å². The average molecular weight is 349 g/mol. The summed E-state index contributed by atoms with van der Waals surface area (Å²) in [7, 11) is 0. The third-order valence-electron chi connectivity index (χ3n) is 4.31. The monoisotopic (exact) mass is 349 g/mol. The van der Waals surface area contributed by atoms with Gasteiger partial charge in [0.05, 0.1) is 23.9 Å². The molecule has 126 valence electrons. The molecule has 0 fully saturated rings. The van der Waals surface area contributed by atoms with Crippen LogP contribution in [0, 0.1) is 25.2 Å². The van der Waals surface area contributed by atoms with Crippen molar-refractivity contribution in [3.8, 4) is 6.07 Å². The van der Waals surface area contributed by atoms with Gasteiger partial charge in [0.25, 0.3) is 0 Å². The van der Waals surface area contributed by atoms with Crippen LogP contribution in [-0.2, 0) is 0 Å². The van der Waals surface area contributed by atoms with Crippen LogP contribution < -0.4 is 4.90 Å². The first-order chi connectivity index (χ1) is 12.1. The minimum atomic E-state index is 0.640.